The van der Waals surface area contributed by atoms with Crippen molar-refractivity contribution < 1.29 is 8.42 Å². The SMILES string of the molecule is CS(=O)(=O)N1CCCC(c2nnc(Nc3ccn(Cc4ccccc4Cl)n3)s2)C1. The van der Waals surface area contributed by atoms with Gasteiger partial charge >= 0.3 is 0 Å². The highest BCUT2D eigenvalue weighted by Crippen LogP contribution is 2.32. The van der Waals surface area contributed by atoms with Gasteiger partial charge in [0.05, 0.1) is 12.8 Å². The lowest BCUT2D eigenvalue weighted by Crippen LogP contribution is -2.38. The molecular formula is C18H21ClN6O2S2. The first-order valence-corrected chi connectivity index (χ1v) is 12.2. The van der Waals surface area contributed by atoms with Crippen LogP contribution in [-0.4, -0.2) is 52.0 Å². The number of hydrogen-bond donors (Lipinski definition) is 1. The maximum absolute atomic E-state index is 11.8. The fraction of sp³-hybridized carbons (Fsp3) is 0.389. The van der Waals surface area contributed by atoms with Crippen molar-refractivity contribution in [1.82, 2.24) is 24.3 Å². The molecule has 0 aliphatic carbocycles. The number of sulfonamides is 1. The molecule has 4 rings (SSSR count). The Morgan fingerprint density at radius 3 is 2.90 bits per heavy atom. The zero-order chi connectivity index (χ0) is 20.4. The van der Waals surface area contributed by atoms with Crippen molar-refractivity contribution in [1.29, 1.82) is 0 Å². The first-order valence-electron chi connectivity index (χ1n) is 9.21. The molecule has 3 aromatic rings. The highest BCUT2D eigenvalue weighted by Gasteiger charge is 2.29. The Hall–Kier alpha value is -2.01. The Kier molecular flexibility index (Phi) is 5.86. The third kappa shape index (κ3) is 4.95. The molecule has 154 valence electrons. The Labute approximate surface area is 178 Å². The second-order valence-corrected chi connectivity index (χ2v) is 10.4. The molecule has 1 aliphatic rings. The van der Waals surface area contributed by atoms with E-state index in [4.69, 9.17) is 11.6 Å². The molecule has 0 amide bonds. The number of piperidine rings is 1. The number of benzene rings is 1. The van der Waals surface area contributed by atoms with Gasteiger partial charge in [-0.25, -0.2) is 12.7 Å². The minimum Gasteiger partial charge on any atom is -0.313 e. The second-order valence-electron chi connectivity index (χ2n) is 7.02. The Balaban J connectivity index is 1.41. The smallest absolute Gasteiger partial charge is 0.211 e. The standard InChI is InChI=1S/C18H21ClN6O2S2/c1-29(26,27)25-9-4-6-14(12-25)17-21-22-18(28-17)20-16-8-10-24(23-16)11-13-5-2-3-7-15(13)19/h2-3,5,7-8,10,14H,4,6,9,11-12H2,1H3,(H,20,22,23). The van der Waals surface area contributed by atoms with E-state index in [0.717, 1.165) is 23.4 Å². The summed E-state index contributed by atoms with van der Waals surface area (Å²) in [5.74, 6) is 0.741. The summed E-state index contributed by atoms with van der Waals surface area (Å²) in [6, 6.07) is 9.54. The predicted octanol–water partition coefficient (Wildman–Crippen LogP) is 3.32. The van der Waals surface area contributed by atoms with E-state index in [1.807, 2.05) is 36.5 Å². The van der Waals surface area contributed by atoms with Gasteiger partial charge in [0, 0.05) is 36.3 Å². The quantitative estimate of drug-likeness (QED) is 0.616. The van der Waals surface area contributed by atoms with Crippen molar-refractivity contribution in [3.05, 3.63) is 52.1 Å². The predicted molar refractivity (Wildman–Crippen MR) is 114 cm³/mol. The summed E-state index contributed by atoms with van der Waals surface area (Å²) in [6.07, 6.45) is 4.86. The van der Waals surface area contributed by atoms with E-state index in [2.05, 4.69) is 20.6 Å². The molecule has 0 saturated carbocycles. The first-order chi connectivity index (χ1) is 13.9. The Morgan fingerprint density at radius 1 is 1.28 bits per heavy atom. The topological polar surface area (TPSA) is 93.0 Å². The van der Waals surface area contributed by atoms with Crippen molar-refractivity contribution >= 4 is 43.9 Å². The Morgan fingerprint density at radius 2 is 2.10 bits per heavy atom. The molecule has 1 atom stereocenters. The van der Waals surface area contributed by atoms with Gasteiger partial charge in [0.25, 0.3) is 0 Å². The molecule has 1 saturated heterocycles. The molecule has 29 heavy (non-hydrogen) atoms. The summed E-state index contributed by atoms with van der Waals surface area (Å²) < 4.78 is 27.0. The maximum atomic E-state index is 11.8. The monoisotopic (exact) mass is 452 g/mol. The minimum absolute atomic E-state index is 0.0734. The highest BCUT2D eigenvalue weighted by molar-refractivity contribution is 7.88. The first kappa shape index (κ1) is 20.3. The molecule has 0 radical (unpaired) electrons. The van der Waals surface area contributed by atoms with Crippen LogP contribution in [0, 0.1) is 0 Å². The molecule has 0 bridgehead atoms. The van der Waals surface area contributed by atoms with Crippen LogP contribution in [0.15, 0.2) is 36.5 Å². The number of rotatable bonds is 6. The van der Waals surface area contributed by atoms with Crippen molar-refractivity contribution in [2.75, 3.05) is 24.7 Å². The van der Waals surface area contributed by atoms with E-state index in [0.29, 0.717) is 35.6 Å². The molecule has 0 spiro atoms. The van der Waals surface area contributed by atoms with Crippen LogP contribution in [0.5, 0.6) is 0 Å². The van der Waals surface area contributed by atoms with E-state index in [1.54, 1.807) is 4.68 Å². The molecule has 1 N–H and O–H groups in total. The van der Waals surface area contributed by atoms with Gasteiger partial charge in [-0.1, -0.05) is 41.1 Å². The van der Waals surface area contributed by atoms with Gasteiger partial charge < -0.3 is 5.32 Å². The van der Waals surface area contributed by atoms with Gasteiger partial charge in [-0.2, -0.15) is 5.10 Å². The molecule has 1 aromatic carbocycles. The number of aromatic nitrogens is 4. The second kappa shape index (κ2) is 8.39. The lowest BCUT2D eigenvalue weighted by molar-refractivity contribution is 0.316. The molecule has 1 unspecified atom stereocenters. The van der Waals surface area contributed by atoms with Crippen LogP contribution in [0.4, 0.5) is 10.9 Å². The molecular weight excluding hydrogens is 432 g/mol. The van der Waals surface area contributed by atoms with Crippen molar-refractivity contribution in [2.45, 2.75) is 25.3 Å². The average Bonchev–Trinajstić information content (AvgIpc) is 3.33. The molecule has 1 fully saturated rings. The maximum Gasteiger partial charge on any atom is 0.211 e. The number of nitrogens with one attached hydrogen (secondary N) is 1. The van der Waals surface area contributed by atoms with Crippen molar-refractivity contribution in [2.24, 2.45) is 0 Å². The largest absolute Gasteiger partial charge is 0.313 e. The number of halogens is 1. The third-order valence-electron chi connectivity index (χ3n) is 4.81. The molecule has 1 aliphatic heterocycles. The summed E-state index contributed by atoms with van der Waals surface area (Å²) in [7, 11) is -3.18. The number of nitrogens with zero attached hydrogens (tertiary/aromatic N) is 5. The average molecular weight is 453 g/mol. The van der Waals surface area contributed by atoms with Gasteiger partial charge in [0.15, 0.2) is 5.82 Å². The fourth-order valence-electron chi connectivity index (χ4n) is 3.32. The molecule has 8 nitrogen and oxygen atoms in total. The van der Waals surface area contributed by atoms with Crippen LogP contribution >= 0.6 is 22.9 Å². The van der Waals surface area contributed by atoms with Crippen LogP contribution in [0.3, 0.4) is 0 Å². The lowest BCUT2D eigenvalue weighted by atomic mass is 10.0. The van der Waals surface area contributed by atoms with E-state index in [1.165, 1.54) is 21.9 Å². The van der Waals surface area contributed by atoms with Gasteiger partial charge in [0.2, 0.25) is 15.2 Å². The Bertz CT molecular complexity index is 1100. The van der Waals surface area contributed by atoms with Crippen LogP contribution in [0.1, 0.15) is 29.3 Å². The van der Waals surface area contributed by atoms with Crippen molar-refractivity contribution in [3.63, 3.8) is 0 Å². The van der Waals surface area contributed by atoms with Gasteiger partial charge in [0.1, 0.15) is 5.01 Å². The van der Waals surface area contributed by atoms with Crippen molar-refractivity contribution in [3.8, 4) is 0 Å². The van der Waals surface area contributed by atoms with E-state index in [9.17, 15) is 8.42 Å². The van der Waals surface area contributed by atoms with Gasteiger partial charge in [-0.3, -0.25) is 4.68 Å². The molecule has 2 aromatic heterocycles. The zero-order valence-electron chi connectivity index (χ0n) is 15.8. The minimum atomic E-state index is -3.18. The number of anilines is 2. The summed E-state index contributed by atoms with van der Waals surface area (Å²) in [5.41, 5.74) is 0.995. The van der Waals surface area contributed by atoms with E-state index < -0.39 is 10.0 Å². The van der Waals surface area contributed by atoms with E-state index >= 15 is 0 Å². The third-order valence-corrected chi connectivity index (χ3v) is 7.45. The fourth-order valence-corrected chi connectivity index (χ4v) is 5.31. The zero-order valence-corrected chi connectivity index (χ0v) is 18.2. The summed E-state index contributed by atoms with van der Waals surface area (Å²) in [5, 5.41) is 18.3. The highest BCUT2D eigenvalue weighted by atomic mass is 35.5. The molecule has 3 heterocycles. The van der Waals surface area contributed by atoms with Crippen LogP contribution in [-0.2, 0) is 16.6 Å². The van der Waals surface area contributed by atoms with Gasteiger partial charge in [-0.15, -0.1) is 10.2 Å². The normalized spacial score (nSPS) is 18.1. The van der Waals surface area contributed by atoms with Crippen LogP contribution in [0.2, 0.25) is 5.02 Å². The number of hydrogen-bond acceptors (Lipinski definition) is 7. The van der Waals surface area contributed by atoms with E-state index in [-0.39, 0.29) is 5.92 Å². The summed E-state index contributed by atoms with van der Waals surface area (Å²) in [6.45, 7) is 1.61. The molecule has 11 heteroatoms. The van der Waals surface area contributed by atoms with Gasteiger partial charge in [-0.05, 0) is 24.5 Å². The lowest BCUT2D eigenvalue weighted by Gasteiger charge is -2.29. The summed E-state index contributed by atoms with van der Waals surface area (Å²) in [4.78, 5) is 0. The summed E-state index contributed by atoms with van der Waals surface area (Å²) >= 11 is 7.65. The van der Waals surface area contributed by atoms with Crippen LogP contribution in [0.25, 0.3) is 0 Å². The van der Waals surface area contributed by atoms with Crippen LogP contribution < -0.4 is 5.32 Å².